The molecule has 1 aromatic heterocycles. The molecule has 1 fully saturated rings. The molecule has 10 heteroatoms. The first kappa shape index (κ1) is 20.7. The highest BCUT2D eigenvalue weighted by Gasteiger charge is 2.36. The van der Waals surface area contributed by atoms with Gasteiger partial charge in [0, 0.05) is 24.0 Å². The predicted octanol–water partition coefficient (Wildman–Crippen LogP) is 2.88. The summed E-state index contributed by atoms with van der Waals surface area (Å²) in [5.74, 6) is -1.15. The van der Waals surface area contributed by atoms with Crippen LogP contribution in [0, 0.1) is 13.8 Å². The SMILES string of the molecule is Cc1cc(C)n(C(C)C(=O)NC2CCN(c3cccc(OC(F)(F)F)c3)C2=O)n1. The minimum Gasteiger partial charge on any atom is -0.406 e. The van der Waals surface area contributed by atoms with Gasteiger partial charge in [0.05, 0.1) is 5.69 Å². The zero-order valence-corrected chi connectivity index (χ0v) is 16.2. The normalized spacial score (nSPS) is 18.1. The van der Waals surface area contributed by atoms with Crippen molar-refractivity contribution in [2.45, 2.75) is 45.6 Å². The van der Waals surface area contributed by atoms with E-state index in [1.807, 2.05) is 19.9 Å². The van der Waals surface area contributed by atoms with Gasteiger partial charge < -0.3 is 15.0 Å². The van der Waals surface area contributed by atoms with E-state index in [-0.39, 0.29) is 24.0 Å². The molecule has 2 aromatic rings. The zero-order chi connectivity index (χ0) is 21.3. The highest BCUT2D eigenvalue weighted by molar-refractivity contribution is 6.01. The molecular formula is C19H21F3N4O3. The first-order chi connectivity index (χ1) is 13.5. The molecule has 0 radical (unpaired) electrons. The number of aromatic nitrogens is 2. The fourth-order valence-corrected chi connectivity index (χ4v) is 3.36. The third-order valence-electron chi connectivity index (χ3n) is 4.68. The lowest BCUT2D eigenvalue weighted by molar-refractivity contribution is -0.274. The van der Waals surface area contributed by atoms with Gasteiger partial charge in [0.25, 0.3) is 0 Å². The molecule has 1 aliphatic heterocycles. The summed E-state index contributed by atoms with van der Waals surface area (Å²) in [5, 5.41) is 6.99. The molecule has 7 nitrogen and oxygen atoms in total. The summed E-state index contributed by atoms with van der Waals surface area (Å²) < 4.78 is 42.7. The molecule has 29 heavy (non-hydrogen) atoms. The van der Waals surface area contributed by atoms with Gasteiger partial charge in [0.15, 0.2) is 0 Å². The van der Waals surface area contributed by atoms with Crippen molar-refractivity contribution in [1.29, 1.82) is 0 Å². The summed E-state index contributed by atoms with van der Waals surface area (Å²) in [5.41, 5.74) is 1.89. The lowest BCUT2D eigenvalue weighted by Gasteiger charge is -2.20. The number of alkyl halides is 3. The molecule has 2 amide bonds. The minimum absolute atomic E-state index is 0.271. The molecular weight excluding hydrogens is 389 g/mol. The number of carbonyl (C=O) groups is 2. The number of nitrogens with zero attached hydrogens (tertiary/aromatic N) is 3. The van der Waals surface area contributed by atoms with E-state index in [4.69, 9.17) is 0 Å². The van der Waals surface area contributed by atoms with Gasteiger partial charge in [0.1, 0.15) is 17.8 Å². The Bertz CT molecular complexity index is 926. The number of ether oxygens (including phenoxy) is 1. The Labute approximate surface area is 165 Å². The topological polar surface area (TPSA) is 76.5 Å². The van der Waals surface area contributed by atoms with E-state index in [9.17, 15) is 22.8 Å². The number of amides is 2. The summed E-state index contributed by atoms with van der Waals surface area (Å²) in [6, 6.07) is 5.69. The van der Waals surface area contributed by atoms with Crippen molar-refractivity contribution in [3.63, 3.8) is 0 Å². The van der Waals surface area contributed by atoms with Crippen LogP contribution in [0.3, 0.4) is 0 Å². The summed E-state index contributed by atoms with van der Waals surface area (Å²) in [4.78, 5) is 26.6. The van der Waals surface area contributed by atoms with Gasteiger partial charge in [0.2, 0.25) is 11.8 Å². The Morgan fingerprint density at radius 3 is 2.66 bits per heavy atom. The highest BCUT2D eigenvalue weighted by atomic mass is 19.4. The second-order valence-electron chi connectivity index (χ2n) is 6.93. The Balaban J connectivity index is 1.68. The van der Waals surface area contributed by atoms with Gasteiger partial charge in [-0.2, -0.15) is 5.10 Å². The fraction of sp³-hybridized carbons (Fsp3) is 0.421. The third kappa shape index (κ3) is 4.69. The summed E-state index contributed by atoms with van der Waals surface area (Å²) in [6.45, 7) is 5.61. The summed E-state index contributed by atoms with van der Waals surface area (Å²) in [6.07, 6.45) is -4.47. The number of hydrogen-bond acceptors (Lipinski definition) is 4. The Kier molecular flexibility index (Phi) is 5.54. The number of anilines is 1. The van der Waals surface area contributed by atoms with Crippen LogP contribution in [0.15, 0.2) is 30.3 Å². The van der Waals surface area contributed by atoms with E-state index in [0.29, 0.717) is 6.42 Å². The van der Waals surface area contributed by atoms with E-state index in [2.05, 4.69) is 15.2 Å². The molecule has 0 bridgehead atoms. The number of hydrogen-bond donors (Lipinski definition) is 1. The van der Waals surface area contributed by atoms with Gasteiger partial charge in [-0.3, -0.25) is 14.3 Å². The van der Waals surface area contributed by atoms with Gasteiger partial charge in [-0.1, -0.05) is 6.07 Å². The lowest BCUT2D eigenvalue weighted by atomic mass is 10.2. The molecule has 1 aliphatic rings. The van der Waals surface area contributed by atoms with Gasteiger partial charge in [-0.25, -0.2) is 0 Å². The highest BCUT2D eigenvalue weighted by Crippen LogP contribution is 2.29. The molecule has 2 atom stereocenters. The largest absolute Gasteiger partial charge is 0.573 e. The van der Waals surface area contributed by atoms with E-state index in [1.54, 1.807) is 11.6 Å². The number of benzene rings is 1. The van der Waals surface area contributed by atoms with Crippen LogP contribution in [-0.4, -0.2) is 40.5 Å². The molecule has 156 valence electrons. The monoisotopic (exact) mass is 410 g/mol. The van der Waals surface area contributed by atoms with Crippen molar-refractivity contribution in [2.24, 2.45) is 0 Å². The van der Waals surface area contributed by atoms with E-state index in [1.165, 1.54) is 17.0 Å². The zero-order valence-electron chi connectivity index (χ0n) is 16.2. The van der Waals surface area contributed by atoms with Crippen molar-refractivity contribution < 1.29 is 27.5 Å². The maximum atomic E-state index is 12.7. The maximum Gasteiger partial charge on any atom is 0.573 e. The molecule has 0 saturated carbocycles. The molecule has 0 aliphatic carbocycles. The van der Waals surface area contributed by atoms with Crippen LogP contribution in [0.5, 0.6) is 5.75 Å². The number of halogens is 3. The summed E-state index contributed by atoms with van der Waals surface area (Å²) >= 11 is 0. The second-order valence-corrected chi connectivity index (χ2v) is 6.93. The quantitative estimate of drug-likeness (QED) is 0.823. The van der Waals surface area contributed by atoms with Crippen LogP contribution in [0.1, 0.15) is 30.8 Å². The average Bonchev–Trinajstić information content (AvgIpc) is 3.15. The van der Waals surface area contributed by atoms with Crippen molar-refractivity contribution in [1.82, 2.24) is 15.1 Å². The molecule has 1 aromatic carbocycles. The van der Waals surface area contributed by atoms with Crippen LogP contribution in [-0.2, 0) is 9.59 Å². The standard InChI is InChI=1S/C19H21F3N4O3/c1-11-9-12(2)26(24-11)13(3)17(27)23-16-7-8-25(18(16)28)14-5-4-6-15(10-14)29-19(20,21)22/h4-6,9-10,13,16H,7-8H2,1-3H3,(H,23,27). The van der Waals surface area contributed by atoms with Crippen LogP contribution < -0.4 is 15.0 Å². The van der Waals surface area contributed by atoms with Gasteiger partial charge in [-0.05, 0) is 45.4 Å². The van der Waals surface area contributed by atoms with Crippen LogP contribution in [0.2, 0.25) is 0 Å². The first-order valence-corrected chi connectivity index (χ1v) is 9.05. The second kappa shape index (κ2) is 7.76. The first-order valence-electron chi connectivity index (χ1n) is 9.05. The number of aryl methyl sites for hydroxylation is 2. The van der Waals surface area contributed by atoms with Crippen molar-refractivity contribution in [2.75, 3.05) is 11.4 Å². The van der Waals surface area contributed by atoms with Crippen LogP contribution >= 0.6 is 0 Å². The number of carbonyl (C=O) groups excluding carboxylic acids is 2. The number of rotatable bonds is 5. The van der Waals surface area contributed by atoms with Gasteiger partial charge >= 0.3 is 6.36 Å². The fourth-order valence-electron chi connectivity index (χ4n) is 3.36. The van der Waals surface area contributed by atoms with Crippen molar-refractivity contribution in [3.05, 3.63) is 41.7 Å². The smallest absolute Gasteiger partial charge is 0.406 e. The Morgan fingerprint density at radius 1 is 1.31 bits per heavy atom. The Hall–Kier alpha value is -3.04. The van der Waals surface area contributed by atoms with E-state index < -0.39 is 24.2 Å². The Morgan fingerprint density at radius 2 is 2.03 bits per heavy atom. The van der Waals surface area contributed by atoms with Gasteiger partial charge in [-0.15, -0.1) is 13.2 Å². The van der Waals surface area contributed by atoms with Crippen molar-refractivity contribution >= 4 is 17.5 Å². The third-order valence-corrected chi connectivity index (χ3v) is 4.68. The predicted molar refractivity (Wildman–Crippen MR) is 98.4 cm³/mol. The maximum absolute atomic E-state index is 12.7. The molecule has 2 heterocycles. The van der Waals surface area contributed by atoms with Crippen LogP contribution in [0.4, 0.5) is 18.9 Å². The lowest BCUT2D eigenvalue weighted by Crippen LogP contribution is -2.44. The molecule has 1 N–H and O–H groups in total. The minimum atomic E-state index is -4.82. The average molecular weight is 410 g/mol. The summed E-state index contributed by atoms with van der Waals surface area (Å²) in [7, 11) is 0. The van der Waals surface area contributed by atoms with E-state index in [0.717, 1.165) is 23.5 Å². The van der Waals surface area contributed by atoms with E-state index >= 15 is 0 Å². The van der Waals surface area contributed by atoms with Crippen LogP contribution in [0.25, 0.3) is 0 Å². The van der Waals surface area contributed by atoms with Crippen molar-refractivity contribution in [3.8, 4) is 5.75 Å². The molecule has 3 rings (SSSR count). The molecule has 1 saturated heterocycles. The molecule has 2 unspecified atom stereocenters. The molecule has 0 spiro atoms. The number of nitrogens with one attached hydrogen (secondary N) is 1.